The Bertz CT molecular complexity index is 679. The van der Waals surface area contributed by atoms with Crippen molar-refractivity contribution in [3.63, 3.8) is 0 Å². The molecule has 0 amide bonds. The molecule has 0 aliphatic rings. The van der Waals surface area contributed by atoms with E-state index in [0.717, 1.165) is 5.56 Å². The summed E-state index contributed by atoms with van der Waals surface area (Å²) in [5.41, 5.74) is 7.53. The van der Waals surface area contributed by atoms with Gasteiger partial charge >= 0.3 is 5.97 Å². The predicted molar refractivity (Wildman–Crippen MR) is 86.5 cm³/mol. The zero-order valence-corrected chi connectivity index (χ0v) is 13.0. The average Bonchev–Trinajstić information content (AvgIpc) is 2.59. The number of rotatable bonds is 6. The third-order valence-electron chi connectivity index (χ3n) is 3.01. The molecule has 2 N–H and O–H groups in total. The van der Waals surface area contributed by atoms with Gasteiger partial charge < -0.3 is 20.0 Å². The molecule has 0 fully saturated rings. The molecule has 6 nitrogen and oxygen atoms in total. The fourth-order valence-electron chi connectivity index (χ4n) is 1.72. The second kappa shape index (κ2) is 7.84. The van der Waals surface area contributed by atoms with Crippen molar-refractivity contribution in [3.8, 4) is 11.5 Å². The molecule has 0 aliphatic heterocycles. The quantitative estimate of drug-likeness (QED) is 0.383. The molecule has 6 heteroatoms. The van der Waals surface area contributed by atoms with Gasteiger partial charge in [-0.3, -0.25) is 0 Å². The summed E-state index contributed by atoms with van der Waals surface area (Å²) in [6.45, 7) is 1.70. The number of methoxy groups -OCH3 is 1. The van der Waals surface area contributed by atoms with Crippen molar-refractivity contribution in [2.75, 3.05) is 13.7 Å². The molecule has 2 aromatic rings. The monoisotopic (exact) mass is 314 g/mol. The smallest absolute Gasteiger partial charge is 0.372 e. The number of aryl methyl sites for hydroxylation is 1. The Labute approximate surface area is 134 Å². The number of hydrogen-bond donors (Lipinski definition) is 1. The number of nitrogens with zero attached hydrogens (tertiary/aromatic N) is 1. The van der Waals surface area contributed by atoms with Gasteiger partial charge in [0.2, 0.25) is 0 Å². The Morgan fingerprint density at radius 1 is 1.04 bits per heavy atom. The van der Waals surface area contributed by atoms with Crippen LogP contribution < -0.4 is 15.2 Å². The normalized spacial score (nSPS) is 11.0. The number of nitrogens with two attached hydrogens (primary N) is 1. The van der Waals surface area contributed by atoms with Crippen molar-refractivity contribution in [1.82, 2.24) is 0 Å². The molecule has 0 aromatic heterocycles. The van der Waals surface area contributed by atoms with Gasteiger partial charge in [0, 0.05) is 5.56 Å². The van der Waals surface area contributed by atoms with Gasteiger partial charge in [0.05, 0.1) is 7.11 Å². The van der Waals surface area contributed by atoms with E-state index in [2.05, 4.69) is 5.16 Å². The Hall–Kier alpha value is -3.02. The van der Waals surface area contributed by atoms with Gasteiger partial charge in [0.1, 0.15) is 11.5 Å². The van der Waals surface area contributed by atoms with Gasteiger partial charge in [-0.2, -0.15) is 0 Å². The van der Waals surface area contributed by atoms with E-state index in [4.69, 9.17) is 20.0 Å². The summed E-state index contributed by atoms with van der Waals surface area (Å²) in [7, 11) is 1.57. The highest BCUT2D eigenvalue weighted by molar-refractivity contribution is 5.97. The lowest BCUT2D eigenvalue weighted by atomic mass is 10.1. The maximum absolute atomic E-state index is 11.6. The SMILES string of the molecule is COc1ccc(OCC(=O)ON=C(N)c2ccc(C)cc2)cc1. The average molecular weight is 314 g/mol. The highest BCUT2D eigenvalue weighted by Crippen LogP contribution is 2.16. The van der Waals surface area contributed by atoms with E-state index in [9.17, 15) is 4.79 Å². The summed E-state index contributed by atoms with van der Waals surface area (Å²) in [6.07, 6.45) is 0. The van der Waals surface area contributed by atoms with Crippen LogP contribution in [0.5, 0.6) is 11.5 Å². The minimum absolute atomic E-state index is 0.128. The van der Waals surface area contributed by atoms with E-state index in [1.165, 1.54) is 0 Å². The van der Waals surface area contributed by atoms with Crippen LogP contribution in [0.1, 0.15) is 11.1 Å². The van der Waals surface area contributed by atoms with Crippen molar-refractivity contribution >= 4 is 11.8 Å². The molecule has 0 saturated heterocycles. The number of ether oxygens (including phenoxy) is 2. The first-order valence-corrected chi connectivity index (χ1v) is 6.95. The van der Waals surface area contributed by atoms with Gasteiger partial charge in [-0.05, 0) is 31.2 Å². The number of amidine groups is 1. The molecule has 0 atom stereocenters. The van der Waals surface area contributed by atoms with Crippen LogP contribution in [0.3, 0.4) is 0 Å². The second-order valence-corrected chi connectivity index (χ2v) is 4.77. The molecule has 120 valence electrons. The van der Waals surface area contributed by atoms with Crippen LogP contribution in [0.2, 0.25) is 0 Å². The number of benzene rings is 2. The minimum atomic E-state index is -0.643. The molecule has 0 saturated carbocycles. The van der Waals surface area contributed by atoms with Crippen LogP contribution in [0.15, 0.2) is 53.7 Å². The molecular weight excluding hydrogens is 296 g/mol. The Morgan fingerprint density at radius 3 is 2.26 bits per heavy atom. The fraction of sp³-hybridized carbons (Fsp3) is 0.176. The van der Waals surface area contributed by atoms with Crippen molar-refractivity contribution < 1.29 is 19.1 Å². The van der Waals surface area contributed by atoms with Crippen LogP contribution in [-0.4, -0.2) is 25.5 Å². The molecule has 0 heterocycles. The minimum Gasteiger partial charge on any atom is -0.497 e. The topological polar surface area (TPSA) is 83.1 Å². The molecule has 0 radical (unpaired) electrons. The maximum Gasteiger partial charge on any atom is 0.372 e. The van der Waals surface area contributed by atoms with Crippen molar-refractivity contribution in [2.45, 2.75) is 6.92 Å². The molecule has 0 bridgehead atoms. The van der Waals surface area contributed by atoms with Crippen molar-refractivity contribution in [1.29, 1.82) is 0 Å². The molecule has 2 rings (SSSR count). The Morgan fingerprint density at radius 2 is 1.65 bits per heavy atom. The number of oxime groups is 1. The van der Waals surface area contributed by atoms with Crippen molar-refractivity contribution in [3.05, 3.63) is 59.7 Å². The summed E-state index contributed by atoms with van der Waals surface area (Å²) in [5.74, 6) is 0.715. The summed E-state index contributed by atoms with van der Waals surface area (Å²) >= 11 is 0. The Kier molecular flexibility index (Phi) is 5.57. The summed E-state index contributed by atoms with van der Waals surface area (Å²) in [5, 5.41) is 3.61. The maximum atomic E-state index is 11.6. The van der Waals surface area contributed by atoms with Crippen LogP contribution in [0.4, 0.5) is 0 Å². The second-order valence-electron chi connectivity index (χ2n) is 4.77. The molecule has 2 aromatic carbocycles. The third kappa shape index (κ3) is 5.03. The van der Waals surface area contributed by atoms with Gasteiger partial charge in [0.25, 0.3) is 0 Å². The lowest BCUT2D eigenvalue weighted by Crippen LogP contribution is -2.18. The molecule has 0 aliphatic carbocycles. The predicted octanol–water partition coefficient (Wildman–Crippen LogP) is 2.25. The van der Waals surface area contributed by atoms with Gasteiger partial charge in [-0.25, -0.2) is 4.79 Å². The van der Waals surface area contributed by atoms with Crippen LogP contribution >= 0.6 is 0 Å². The standard InChI is InChI=1S/C17H18N2O4/c1-12-3-5-13(6-4-12)17(18)19-23-16(20)11-22-15-9-7-14(21-2)8-10-15/h3-10H,11H2,1-2H3,(H2,18,19). The zero-order chi connectivity index (χ0) is 16.7. The first-order valence-electron chi connectivity index (χ1n) is 6.95. The van der Waals surface area contributed by atoms with E-state index < -0.39 is 5.97 Å². The summed E-state index contributed by atoms with van der Waals surface area (Å²) in [4.78, 5) is 16.3. The lowest BCUT2D eigenvalue weighted by Gasteiger charge is -2.05. The van der Waals surface area contributed by atoms with Crippen molar-refractivity contribution in [2.24, 2.45) is 10.9 Å². The highest BCUT2D eigenvalue weighted by Gasteiger charge is 2.06. The van der Waals surface area contributed by atoms with Crippen LogP contribution in [0.25, 0.3) is 0 Å². The molecule has 23 heavy (non-hydrogen) atoms. The van der Waals surface area contributed by atoms with Gasteiger partial charge in [-0.15, -0.1) is 0 Å². The van der Waals surface area contributed by atoms with E-state index in [0.29, 0.717) is 17.1 Å². The first-order chi connectivity index (χ1) is 11.1. The van der Waals surface area contributed by atoms with E-state index in [1.807, 2.05) is 19.1 Å². The van der Waals surface area contributed by atoms with Gasteiger partial charge in [-0.1, -0.05) is 35.0 Å². The fourth-order valence-corrected chi connectivity index (χ4v) is 1.72. The van der Waals surface area contributed by atoms with Crippen LogP contribution in [-0.2, 0) is 9.63 Å². The van der Waals surface area contributed by atoms with Crippen LogP contribution in [0, 0.1) is 6.92 Å². The lowest BCUT2D eigenvalue weighted by molar-refractivity contribution is -0.146. The van der Waals surface area contributed by atoms with E-state index in [-0.39, 0.29) is 12.4 Å². The molecule has 0 unspecified atom stereocenters. The highest BCUT2D eigenvalue weighted by atomic mass is 16.7. The third-order valence-corrected chi connectivity index (χ3v) is 3.01. The van der Waals surface area contributed by atoms with Gasteiger partial charge in [0.15, 0.2) is 12.4 Å². The Balaban J connectivity index is 1.84. The van der Waals surface area contributed by atoms with E-state index in [1.54, 1.807) is 43.5 Å². The first kappa shape index (κ1) is 16.4. The zero-order valence-electron chi connectivity index (χ0n) is 13.0. The summed E-state index contributed by atoms with van der Waals surface area (Å²) < 4.78 is 10.3. The molecule has 0 spiro atoms. The number of carbonyl (C=O) groups is 1. The largest absolute Gasteiger partial charge is 0.497 e. The van der Waals surface area contributed by atoms with E-state index >= 15 is 0 Å². The summed E-state index contributed by atoms with van der Waals surface area (Å²) in [6, 6.07) is 14.2. The number of carbonyl (C=O) groups excluding carboxylic acids is 1. The number of hydrogen-bond acceptors (Lipinski definition) is 5. The molecular formula is C17H18N2O4.